The van der Waals surface area contributed by atoms with Crippen LogP contribution in [-0.4, -0.2) is 19.7 Å². The Morgan fingerprint density at radius 3 is 3.12 bits per heavy atom. The van der Waals surface area contributed by atoms with Crippen LogP contribution in [0.3, 0.4) is 0 Å². The third-order valence-electron chi connectivity index (χ3n) is 3.70. The van der Waals surface area contributed by atoms with Crippen LogP contribution in [0.5, 0.6) is 5.75 Å². The molecule has 86 valence electrons. The van der Waals surface area contributed by atoms with Gasteiger partial charge >= 0.3 is 0 Å². The zero-order valence-electron chi connectivity index (χ0n) is 9.21. The number of ether oxygens (including phenoxy) is 1. The first-order chi connectivity index (χ1) is 7.84. The second-order valence-electron chi connectivity index (χ2n) is 4.71. The lowest BCUT2D eigenvalue weighted by molar-refractivity contribution is 0.257. The number of fused-ring (bicyclic) bond motifs is 1. The predicted molar refractivity (Wildman–Crippen MR) is 60.2 cm³/mol. The van der Waals surface area contributed by atoms with E-state index in [1.165, 1.54) is 30.5 Å². The molecule has 0 unspecified atom stereocenters. The maximum Gasteiger partial charge on any atom is 0.126 e. The van der Waals surface area contributed by atoms with Crippen molar-refractivity contribution in [3.05, 3.63) is 29.6 Å². The molecule has 3 rings (SSSR count). The lowest BCUT2D eigenvalue weighted by Crippen LogP contribution is -2.33. The molecule has 2 nitrogen and oxygen atoms in total. The molecule has 2 aliphatic rings. The minimum atomic E-state index is -0.207. The van der Waals surface area contributed by atoms with Gasteiger partial charge in [-0.15, -0.1) is 0 Å². The minimum Gasteiger partial charge on any atom is -0.493 e. The second kappa shape index (κ2) is 4.06. The lowest BCUT2D eigenvalue weighted by Gasteiger charge is -2.27. The maximum atomic E-state index is 13.0. The molecular weight excluding hydrogens is 205 g/mol. The van der Waals surface area contributed by atoms with Crippen LogP contribution in [0.2, 0.25) is 0 Å². The average Bonchev–Trinajstić information content (AvgIpc) is 2.73. The normalized spacial score (nSPS) is 28.6. The van der Waals surface area contributed by atoms with E-state index < -0.39 is 0 Å². The lowest BCUT2D eigenvalue weighted by atomic mass is 9.83. The van der Waals surface area contributed by atoms with Crippen molar-refractivity contribution >= 4 is 0 Å². The first kappa shape index (κ1) is 10.1. The molecule has 1 fully saturated rings. The Labute approximate surface area is 94.8 Å². The van der Waals surface area contributed by atoms with E-state index in [1.54, 1.807) is 0 Å². The monoisotopic (exact) mass is 221 g/mol. The van der Waals surface area contributed by atoms with Gasteiger partial charge in [-0.2, -0.15) is 0 Å². The van der Waals surface area contributed by atoms with Gasteiger partial charge in [0.2, 0.25) is 0 Å². The Morgan fingerprint density at radius 1 is 1.38 bits per heavy atom. The molecule has 16 heavy (non-hydrogen) atoms. The quantitative estimate of drug-likeness (QED) is 0.785. The van der Waals surface area contributed by atoms with Crippen LogP contribution in [0.4, 0.5) is 4.39 Å². The van der Waals surface area contributed by atoms with Gasteiger partial charge in [0.15, 0.2) is 0 Å². The van der Waals surface area contributed by atoms with E-state index in [4.69, 9.17) is 4.74 Å². The molecule has 0 aliphatic carbocycles. The standard InChI is InChI=1S/C13H16FNO/c14-10-3-4-11-12(8-16-13(11)6-10)9-2-1-5-15-7-9/h3-4,6,9,12,15H,1-2,5,7-8H2/t9-,12-/m1/s1. The highest BCUT2D eigenvalue weighted by Crippen LogP contribution is 2.40. The van der Waals surface area contributed by atoms with Crippen molar-refractivity contribution in [1.82, 2.24) is 5.32 Å². The fourth-order valence-corrected chi connectivity index (χ4v) is 2.82. The van der Waals surface area contributed by atoms with Crippen molar-refractivity contribution < 1.29 is 9.13 Å². The molecule has 0 aromatic heterocycles. The van der Waals surface area contributed by atoms with Gasteiger partial charge in [0.25, 0.3) is 0 Å². The Bertz CT molecular complexity index is 388. The van der Waals surface area contributed by atoms with Gasteiger partial charge in [-0.1, -0.05) is 6.07 Å². The van der Waals surface area contributed by atoms with E-state index in [1.807, 2.05) is 6.07 Å². The highest BCUT2D eigenvalue weighted by molar-refractivity contribution is 5.40. The molecule has 2 atom stereocenters. The van der Waals surface area contributed by atoms with Crippen LogP contribution in [0.15, 0.2) is 18.2 Å². The van der Waals surface area contributed by atoms with Crippen LogP contribution in [0, 0.1) is 11.7 Å². The van der Waals surface area contributed by atoms with E-state index in [2.05, 4.69) is 5.32 Å². The van der Waals surface area contributed by atoms with Gasteiger partial charge in [-0.3, -0.25) is 0 Å². The largest absolute Gasteiger partial charge is 0.493 e. The van der Waals surface area contributed by atoms with E-state index in [-0.39, 0.29) is 5.82 Å². The highest BCUT2D eigenvalue weighted by atomic mass is 19.1. The summed E-state index contributed by atoms with van der Waals surface area (Å²) in [4.78, 5) is 0. The Kier molecular flexibility index (Phi) is 2.56. The van der Waals surface area contributed by atoms with Crippen LogP contribution in [-0.2, 0) is 0 Å². The van der Waals surface area contributed by atoms with Gasteiger partial charge in [0.05, 0.1) is 6.61 Å². The van der Waals surface area contributed by atoms with E-state index in [0.717, 1.165) is 18.8 Å². The van der Waals surface area contributed by atoms with Crippen molar-refractivity contribution in [1.29, 1.82) is 0 Å². The zero-order valence-corrected chi connectivity index (χ0v) is 9.21. The van der Waals surface area contributed by atoms with Crippen LogP contribution >= 0.6 is 0 Å². The number of rotatable bonds is 1. The Balaban J connectivity index is 1.84. The van der Waals surface area contributed by atoms with Gasteiger partial charge in [-0.25, -0.2) is 4.39 Å². The summed E-state index contributed by atoms with van der Waals surface area (Å²) in [6.45, 7) is 2.90. The number of hydrogen-bond acceptors (Lipinski definition) is 2. The predicted octanol–water partition coefficient (Wildman–Crippen LogP) is 2.30. The summed E-state index contributed by atoms with van der Waals surface area (Å²) in [5.74, 6) is 1.63. The third-order valence-corrected chi connectivity index (χ3v) is 3.70. The molecule has 0 spiro atoms. The smallest absolute Gasteiger partial charge is 0.126 e. The first-order valence-electron chi connectivity index (χ1n) is 5.97. The summed E-state index contributed by atoms with van der Waals surface area (Å²) in [5, 5.41) is 3.42. The summed E-state index contributed by atoms with van der Waals surface area (Å²) in [7, 11) is 0. The van der Waals surface area contributed by atoms with E-state index in [0.29, 0.717) is 18.4 Å². The maximum absolute atomic E-state index is 13.0. The highest BCUT2D eigenvalue weighted by Gasteiger charge is 2.32. The molecule has 0 saturated carbocycles. The van der Waals surface area contributed by atoms with Gasteiger partial charge in [0, 0.05) is 17.5 Å². The summed E-state index contributed by atoms with van der Waals surface area (Å²) >= 11 is 0. The van der Waals surface area contributed by atoms with Crippen molar-refractivity contribution in [2.45, 2.75) is 18.8 Å². The van der Waals surface area contributed by atoms with Gasteiger partial charge < -0.3 is 10.1 Å². The molecule has 0 amide bonds. The van der Waals surface area contributed by atoms with E-state index in [9.17, 15) is 4.39 Å². The Hall–Kier alpha value is -1.09. The summed E-state index contributed by atoms with van der Waals surface area (Å²) in [6.07, 6.45) is 2.48. The van der Waals surface area contributed by atoms with Crippen molar-refractivity contribution in [3.63, 3.8) is 0 Å². The fraction of sp³-hybridized carbons (Fsp3) is 0.538. The fourth-order valence-electron chi connectivity index (χ4n) is 2.82. The molecule has 0 bridgehead atoms. The molecule has 1 aromatic carbocycles. The van der Waals surface area contributed by atoms with Crippen molar-refractivity contribution in [3.8, 4) is 5.75 Å². The van der Waals surface area contributed by atoms with Crippen LogP contribution in [0.1, 0.15) is 24.3 Å². The minimum absolute atomic E-state index is 0.207. The average molecular weight is 221 g/mol. The van der Waals surface area contributed by atoms with Gasteiger partial charge in [-0.05, 0) is 37.9 Å². The number of piperidine rings is 1. The topological polar surface area (TPSA) is 21.3 Å². The van der Waals surface area contributed by atoms with Gasteiger partial charge in [0.1, 0.15) is 11.6 Å². The number of nitrogens with one attached hydrogen (secondary N) is 1. The summed E-state index contributed by atoms with van der Waals surface area (Å²) in [6, 6.07) is 4.93. The molecule has 1 aromatic rings. The number of hydrogen-bond donors (Lipinski definition) is 1. The van der Waals surface area contributed by atoms with Crippen LogP contribution < -0.4 is 10.1 Å². The first-order valence-corrected chi connectivity index (χ1v) is 5.97. The molecule has 2 aliphatic heterocycles. The molecule has 2 heterocycles. The molecule has 1 saturated heterocycles. The number of halogens is 1. The molecule has 0 radical (unpaired) electrons. The molecular formula is C13H16FNO. The zero-order chi connectivity index (χ0) is 11.0. The van der Waals surface area contributed by atoms with Crippen molar-refractivity contribution in [2.75, 3.05) is 19.7 Å². The molecule has 3 heteroatoms. The van der Waals surface area contributed by atoms with Crippen LogP contribution in [0.25, 0.3) is 0 Å². The Morgan fingerprint density at radius 2 is 2.31 bits per heavy atom. The summed E-state index contributed by atoms with van der Waals surface area (Å²) < 4.78 is 18.6. The van der Waals surface area contributed by atoms with E-state index >= 15 is 0 Å². The van der Waals surface area contributed by atoms with Crippen molar-refractivity contribution in [2.24, 2.45) is 5.92 Å². The molecule has 1 N–H and O–H groups in total. The SMILES string of the molecule is Fc1ccc2c(c1)OC[C@@H]2[C@@H]1CCCNC1. The second-order valence-corrected chi connectivity index (χ2v) is 4.71. The summed E-state index contributed by atoms with van der Waals surface area (Å²) in [5.41, 5.74) is 1.19. The number of benzene rings is 1. The third kappa shape index (κ3) is 1.69.